The molecule has 1 amide bonds. The first-order valence-electron chi connectivity index (χ1n) is 8.57. The molecule has 1 aromatic heterocycles. The van der Waals surface area contributed by atoms with E-state index < -0.39 is 10.0 Å². The summed E-state index contributed by atoms with van der Waals surface area (Å²) >= 11 is 11.8. The number of benzene rings is 1. The average Bonchev–Trinajstić information content (AvgIpc) is 3.16. The minimum Gasteiger partial charge on any atom is -0.467 e. The van der Waals surface area contributed by atoms with Crippen molar-refractivity contribution in [2.24, 2.45) is 5.92 Å². The van der Waals surface area contributed by atoms with E-state index in [1.807, 2.05) is 0 Å². The molecule has 1 fully saturated rings. The van der Waals surface area contributed by atoms with Crippen LogP contribution in [0.15, 0.2) is 41.0 Å². The van der Waals surface area contributed by atoms with Gasteiger partial charge in [-0.2, -0.15) is 0 Å². The van der Waals surface area contributed by atoms with Crippen LogP contribution in [0.4, 0.5) is 0 Å². The van der Waals surface area contributed by atoms with Crippen LogP contribution in [0.5, 0.6) is 0 Å². The van der Waals surface area contributed by atoms with Gasteiger partial charge in [0.05, 0.1) is 28.6 Å². The van der Waals surface area contributed by atoms with Crippen LogP contribution in [0.3, 0.4) is 0 Å². The first-order chi connectivity index (χ1) is 12.8. The molecule has 1 saturated heterocycles. The van der Waals surface area contributed by atoms with Crippen LogP contribution >= 0.6 is 23.2 Å². The molecule has 0 unspecified atom stereocenters. The topological polar surface area (TPSA) is 79.6 Å². The minimum absolute atomic E-state index is 0.0760. The van der Waals surface area contributed by atoms with Gasteiger partial charge in [0.25, 0.3) is 0 Å². The predicted octanol–water partition coefficient (Wildman–Crippen LogP) is 3.44. The average molecular weight is 431 g/mol. The molecule has 0 radical (unpaired) electrons. The van der Waals surface area contributed by atoms with Crippen molar-refractivity contribution in [1.82, 2.24) is 9.62 Å². The molecule has 3 rings (SSSR count). The molecule has 1 aliphatic heterocycles. The van der Waals surface area contributed by atoms with Crippen molar-refractivity contribution in [3.05, 3.63) is 58.0 Å². The Balaban J connectivity index is 1.52. The first kappa shape index (κ1) is 20.2. The normalized spacial score (nSPS) is 16.4. The monoisotopic (exact) mass is 430 g/mol. The third kappa shape index (κ3) is 5.25. The molecule has 0 atom stereocenters. The highest BCUT2D eigenvalue weighted by molar-refractivity contribution is 7.88. The van der Waals surface area contributed by atoms with Crippen LogP contribution in [-0.2, 0) is 27.1 Å². The largest absolute Gasteiger partial charge is 0.467 e. The van der Waals surface area contributed by atoms with Gasteiger partial charge in [-0.25, -0.2) is 12.7 Å². The van der Waals surface area contributed by atoms with E-state index in [-0.39, 0.29) is 17.6 Å². The van der Waals surface area contributed by atoms with E-state index in [2.05, 4.69) is 5.32 Å². The zero-order valence-corrected chi connectivity index (χ0v) is 16.9. The molecule has 146 valence electrons. The predicted molar refractivity (Wildman–Crippen MR) is 104 cm³/mol. The van der Waals surface area contributed by atoms with E-state index >= 15 is 0 Å². The summed E-state index contributed by atoms with van der Waals surface area (Å²) in [7, 11) is -3.48. The van der Waals surface area contributed by atoms with E-state index in [4.69, 9.17) is 27.6 Å². The summed E-state index contributed by atoms with van der Waals surface area (Å²) in [5, 5.41) is 3.55. The second kappa shape index (κ2) is 8.65. The first-order valence-corrected chi connectivity index (χ1v) is 10.9. The number of carbonyl (C=O) groups excluding carboxylic acids is 1. The highest BCUT2D eigenvalue weighted by atomic mass is 35.5. The second-order valence-corrected chi connectivity index (χ2v) is 9.26. The molecule has 0 saturated carbocycles. The van der Waals surface area contributed by atoms with Crippen molar-refractivity contribution < 1.29 is 17.6 Å². The summed E-state index contributed by atoms with van der Waals surface area (Å²) in [6.45, 7) is 0.979. The number of rotatable bonds is 6. The van der Waals surface area contributed by atoms with E-state index in [0.29, 0.717) is 53.8 Å². The third-order valence-electron chi connectivity index (χ3n) is 4.57. The van der Waals surface area contributed by atoms with Gasteiger partial charge in [0.1, 0.15) is 5.76 Å². The minimum atomic E-state index is -3.48. The van der Waals surface area contributed by atoms with E-state index in [9.17, 15) is 13.2 Å². The molecule has 0 spiro atoms. The molecule has 0 bridgehead atoms. The number of carbonyl (C=O) groups is 1. The lowest BCUT2D eigenvalue weighted by atomic mass is 9.97. The van der Waals surface area contributed by atoms with Crippen LogP contribution in [-0.4, -0.2) is 31.7 Å². The quantitative estimate of drug-likeness (QED) is 0.760. The van der Waals surface area contributed by atoms with Crippen molar-refractivity contribution in [1.29, 1.82) is 0 Å². The third-order valence-corrected chi connectivity index (χ3v) is 7.16. The van der Waals surface area contributed by atoms with Crippen molar-refractivity contribution in [3.63, 3.8) is 0 Å². The van der Waals surface area contributed by atoms with Crippen molar-refractivity contribution in [3.8, 4) is 0 Å². The lowest BCUT2D eigenvalue weighted by Crippen LogP contribution is -2.43. The number of nitrogens with zero attached hydrogens (tertiary/aromatic N) is 1. The number of nitrogens with one attached hydrogen (secondary N) is 1. The van der Waals surface area contributed by atoms with Crippen LogP contribution < -0.4 is 5.32 Å². The van der Waals surface area contributed by atoms with Gasteiger partial charge in [0.2, 0.25) is 15.9 Å². The number of furan rings is 1. The van der Waals surface area contributed by atoms with E-state index in [0.717, 1.165) is 0 Å². The summed E-state index contributed by atoms with van der Waals surface area (Å²) in [5.41, 5.74) is 0.586. The number of hydrogen-bond donors (Lipinski definition) is 1. The number of amides is 1. The number of hydrogen-bond acceptors (Lipinski definition) is 4. The molecular formula is C18H20Cl2N2O4S. The van der Waals surface area contributed by atoms with Crippen molar-refractivity contribution in [2.75, 3.05) is 13.1 Å². The van der Waals surface area contributed by atoms with Gasteiger partial charge in [-0.15, -0.1) is 0 Å². The molecule has 1 aliphatic rings. The van der Waals surface area contributed by atoms with Crippen molar-refractivity contribution in [2.45, 2.75) is 25.1 Å². The number of halogens is 2. The van der Waals surface area contributed by atoms with Gasteiger partial charge in [-0.3, -0.25) is 4.79 Å². The zero-order chi connectivity index (χ0) is 19.4. The Labute approximate surface area is 168 Å². The molecule has 1 N–H and O–H groups in total. The molecule has 2 aromatic rings. The summed E-state index contributed by atoms with van der Waals surface area (Å²) < 4.78 is 31.9. The Morgan fingerprint density at radius 1 is 1.19 bits per heavy atom. The molecule has 9 heteroatoms. The summed E-state index contributed by atoms with van der Waals surface area (Å²) in [6, 6.07) is 8.36. The fourth-order valence-electron chi connectivity index (χ4n) is 3.06. The Kier molecular flexibility index (Phi) is 6.47. The standard InChI is InChI=1S/C18H20Cl2N2O4S/c19-16-4-3-13(10-17(16)20)12-27(24,25)22-7-5-14(6-8-22)18(23)21-11-15-2-1-9-26-15/h1-4,9-10,14H,5-8,11-12H2,(H,21,23). The van der Waals surface area contributed by atoms with Gasteiger partial charge >= 0.3 is 0 Å². The summed E-state index contributed by atoms with van der Waals surface area (Å²) in [4.78, 5) is 12.3. The van der Waals surface area contributed by atoms with Crippen LogP contribution in [0.2, 0.25) is 10.0 Å². The SMILES string of the molecule is O=C(NCc1ccco1)C1CCN(S(=O)(=O)Cc2ccc(Cl)c(Cl)c2)CC1. The molecule has 2 heterocycles. The lowest BCUT2D eigenvalue weighted by Gasteiger charge is -2.30. The van der Waals surface area contributed by atoms with Gasteiger partial charge in [0, 0.05) is 19.0 Å². The Morgan fingerprint density at radius 2 is 1.93 bits per heavy atom. The summed E-state index contributed by atoms with van der Waals surface area (Å²) in [5.74, 6) is 0.272. The zero-order valence-electron chi connectivity index (χ0n) is 14.5. The second-order valence-electron chi connectivity index (χ2n) is 6.48. The molecule has 1 aromatic carbocycles. The fourth-order valence-corrected chi connectivity index (χ4v) is 4.93. The van der Waals surface area contributed by atoms with Crippen LogP contribution in [0.25, 0.3) is 0 Å². The van der Waals surface area contributed by atoms with Crippen LogP contribution in [0, 0.1) is 5.92 Å². The van der Waals surface area contributed by atoms with Gasteiger partial charge in [-0.05, 0) is 42.7 Å². The molecule has 27 heavy (non-hydrogen) atoms. The van der Waals surface area contributed by atoms with E-state index in [1.165, 1.54) is 4.31 Å². The number of sulfonamides is 1. The number of piperidine rings is 1. The maximum atomic E-state index is 12.6. The van der Waals surface area contributed by atoms with Crippen LogP contribution in [0.1, 0.15) is 24.2 Å². The Hall–Kier alpha value is -1.54. The Bertz CT molecular complexity index is 892. The van der Waals surface area contributed by atoms with E-state index in [1.54, 1.807) is 36.6 Å². The molecule has 6 nitrogen and oxygen atoms in total. The van der Waals surface area contributed by atoms with Gasteiger partial charge in [-0.1, -0.05) is 29.3 Å². The maximum absolute atomic E-state index is 12.6. The lowest BCUT2D eigenvalue weighted by molar-refractivity contribution is -0.126. The van der Waals surface area contributed by atoms with Crippen molar-refractivity contribution >= 4 is 39.1 Å². The molecule has 0 aliphatic carbocycles. The highest BCUT2D eigenvalue weighted by Crippen LogP contribution is 2.26. The van der Waals surface area contributed by atoms with Gasteiger partial charge in [0.15, 0.2) is 0 Å². The fraction of sp³-hybridized carbons (Fsp3) is 0.389. The molecular weight excluding hydrogens is 411 g/mol. The Morgan fingerprint density at radius 3 is 2.56 bits per heavy atom. The maximum Gasteiger partial charge on any atom is 0.223 e. The highest BCUT2D eigenvalue weighted by Gasteiger charge is 2.31. The summed E-state index contributed by atoms with van der Waals surface area (Å²) in [6.07, 6.45) is 2.54. The van der Waals surface area contributed by atoms with Gasteiger partial charge < -0.3 is 9.73 Å². The smallest absolute Gasteiger partial charge is 0.223 e.